The first-order valence-corrected chi connectivity index (χ1v) is 29.4. The second-order valence-corrected chi connectivity index (χ2v) is 19.2. The van der Waals surface area contributed by atoms with Crippen LogP contribution in [0.1, 0.15) is 265 Å². The zero-order valence-electron chi connectivity index (χ0n) is 46.2. The summed E-state index contributed by atoms with van der Waals surface area (Å²) in [6.07, 6.45) is 79.3. The van der Waals surface area contributed by atoms with E-state index in [-0.39, 0.29) is 37.5 Å². The molecule has 0 saturated heterocycles. The first kappa shape index (κ1) is 67.1. The summed E-state index contributed by atoms with van der Waals surface area (Å²) in [6, 6.07) is 0. The minimum atomic E-state index is -0.814. The number of carbonyl (C=O) groups is 3. The van der Waals surface area contributed by atoms with Crippen molar-refractivity contribution in [3.8, 4) is 0 Å². The molecule has 0 aromatic rings. The van der Waals surface area contributed by atoms with E-state index < -0.39 is 6.10 Å². The van der Waals surface area contributed by atoms with Crippen LogP contribution in [-0.2, 0) is 28.6 Å². The fourth-order valence-corrected chi connectivity index (χ4v) is 7.76. The molecule has 0 aliphatic heterocycles. The van der Waals surface area contributed by atoms with Crippen molar-refractivity contribution in [2.24, 2.45) is 0 Å². The van der Waals surface area contributed by atoms with Crippen LogP contribution in [0.5, 0.6) is 0 Å². The van der Waals surface area contributed by atoms with Crippen LogP contribution in [0.3, 0.4) is 0 Å². The van der Waals surface area contributed by atoms with Gasteiger partial charge in [-0.2, -0.15) is 0 Å². The van der Waals surface area contributed by atoms with Gasteiger partial charge in [0.2, 0.25) is 0 Å². The van der Waals surface area contributed by atoms with Crippen LogP contribution in [-0.4, -0.2) is 37.2 Å². The number of unbranched alkanes of at least 4 members (excludes halogenated alkanes) is 23. The highest BCUT2D eigenvalue weighted by atomic mass is 16.6. The smallest absolute Gasteiger partial charge is 0.306 e. The Balaban J connectivity index is 4.53. The van der Waals surface area contributed by atoms with Gasteiger partial charge in [-0.25, -0.2) is 0 Å². The molecule has 0 aromatic carbocycles. The lowest BCUT2D eigenvalue weighted by Gasteiger charge is -2.18. The molecule has 0 aliphatic rings. The van der Waals surface area contributed by atoms with Crippen molar-refractivity contribution in [1.29, 1.82) is 0 Å². The molecule has 0 fully saturated rings. The lowest BCUT2D eigenvalue weighted by atomic mass is 10.1. The van der Waals surface area contributed by atoms with E-state index in [0.717, 1.165) is 122 Å². The molecule has 71 heavy (non-hydrogen) atoms. The number of hydrogen-bond acceptors (Lipinski definition) is 6. The quantitative estimate of drug-likeness (QED) is 0.0261. The first-order chi connectivity index (χ1) is 35.0. The van der Waals surface area contributed by atoms with E-state index in [0.29, 0.717) is 12.8 Å². The van der Waals surface area contributed by atoms with Gasteiger partial charge in [0.05, 0.1) is 0 Å². The van der Waals surface area contributed by atoms with E-state index in [4.69, 9.17) is 14.2 Å². The second kappa shape index (κ2) is 58.6. The van der Waals surface area contributed by atoms with Crippen molar-refractivity contribution in [3.05, 3.63) is 109 Å². The molecule has 6 nitrogen and oxygen atoms in total. The van der Waals surface area contributed by atoms with Crippen LogP contribution in [0, 0.1) is 0 Å². The Hall–Kier alpha value is -3.93. The van der Waals surface area contributed by atoms with E-state index in [1.54, 1.807) is 0 Å². The molecular weight excluding hydrogens is 877 g/mol. The molecule has 0 radical (unpaired) electrons. The SMILES string of the molecule is CCCCC/C=C\C/C=C\C/C=C\C/C=C\CCCCCC(=O)OC[C@H](COC(=O)CCCCCCC/C=C\CCCCCCCC)OC(=O)CCCCC/C=C\C/C=C\C/C=C\C/C=C\CCCCC. The van der Waals surface area contributed by atoms with Gasteiger partial charge in [0.15, 0.2) is 6.10 Å². The van der Waals surface area contributed by atoms with E-state index in [2.05, 4.69) is 130 Å². The van der Waals surface area contributed by atoms with Crippen molar-refractivity contribution in [1.82, 2.24) is 0 Å². The van der Waals surface area contributed by atoms with Gasteiger partial charge in [-0.15, -0.1) is 0 Å². The molecule has 0 unspecified atom stereocenters. The molecule has 0 heterocycles. The van der Waals surface area contributed by atoms with Gasteiger partial charge in [0, 0.05) is 19.3 Å². The Morgan fingerprint density at radius 2 is 0.507 bits per heavy atom. The highest BCUT2D eigenvalue weighted by molar-refractivity contribution is 5.71. The van der Waals surface area contributed by atoms with Gasteiger partial charge in [0.25, 0.3) is 0 Å². The highest BCUT2D eigenvalue weighted by Crippen LogP contribution is 2.13. The van der Waals surface area contributed by atoms with Crippen molar-refractivity contribution in [2.75, 3.05) is 13.2 Å². The normalized spacial score (nSPS) is 12.9. The molecule has 1 atom stereocenters. The monoisotopic (exact) mass is 985 g/mol. The maximum Gasteiger partial charge on any atom is 0.306 e. The van der Waals surface area contributed by atoms with Crippen LogP contribution in [0.25, 0.3) is 0 Å². The third kappa shape index (κ3) is 56.9. The van der Waals surface area contributed by atoms with E-state index >= 15 is 0 Å². The largest absolute Gasteiger partial charge is 0.462 e. The average Bonchev–Trinajstić information content (AvgIpc) is 3.37. The second-order valence-electron chi connectivity index (χ2n) is 19.2. The summed E-state index contributed by atoms with van der Waals surface area (Å²) in [6.45, 7) is 6.52. The third-order valence-electron chi connectivity index (χ3n) is 12.2. The Labute approximate surface area is 438 Å². The summed E-state index contributed by atoms with van der Waals surface area (Å²) < 4.78 is 16.8. The van der Waals surface area contributed by atoms with Gasteiger partial charge in [-0.3, -0.25) is 14.4 Å². The van der Waals surface area contributed by atoms with Gasteiger partial charge < -0.3 is 14.2 Å². The number of esters is 3. The van der Waals surface area contributed by atoms with Crippen LogP contribution in [0.15, 0.2) is 109 Å². The van der Waals surface area contributed by atoms with Crippen LogP contribution >= 0.6 is 0 Å². The molecule has 0 saturated carbocycles. The minimum absolute atomic E-state index is 0.107. The van der Waals surface area contributed by atoms with Gasteiger partial charge in [-0.1, -0.05) is 220 Å². The minimum Gasteiger partial charge on any atom is -0.462 e. The van der Waals surface area contributed by atoms with Crippen molar-refractivity contribution in [2.45, 2.75) is 271 Å². The molecule has 0 rings (SSSR count). The molecule has 0 amide bonds. The Morgan fingerprint density at radius 3 is 0.845 bits per heavy atom. The van der Waals surface area contributed by atoms with E-state index in [9.17, 15) is 14.4 Å². The molecule has 0 aromatic heterocycles. The third-order valence-corrected chi connectivity index (χ3v) is 12.2. The summed E-state index contributed by atoms with van der Waals surface area (Å²) in [4.78, 5) is 38.2. The molecule has 0 bridgehead atoms. The van der Waals surface area contributed by atoms with Gasteiger partial charge >= 0.3 is 17.9 Å². The number of allylic oxidation sites excluding steroid dienone is 18. The van der Waals surface area contributed by atoms with Gasteiger partial charge in [-0.05, 0) is 135 Å². The van der Waals surface area contributed by atoms with Crippen LogP contribution in [0.4, 0.5) is 0 Å². The van der Waals surface area contributed by atoms with Crippen molar-refractivity contribution < 1.29 is 28.6 Å². The number of rotatable bonds is 52. The molecule has 6 heteroatoms. The number of ether oxygens (including phenoxy) is 3. The summed E-state index contributed by atoms with van der Waals surface area (Å²) in [5.41, 5.74) is 0. The summed E-state index contributed by atoms with van der Waals surface area (Å²) in [5.74, 6) is -0.977. The molecule has 404 valence electrons. The van der Waals surface area contributed by atoms with Crippen molar-refractivity contribution in [3.63, 3.8) is 0 Å². The topological polar surface area (TPSA) is 78.9 Å². The molecule has 0 N–H and O–H groups in total. The maximum absolute atomic E-state index is 12.9. The molecule has 0 aliphatic carbocycles. The van der Waals surface area contributed by atoms with E-state index in [1.165, 1.54) is 103 Å². The van der Waals surface area contributed by atoms with E-state index in [1.807, 2.05) is 0 Å². The maximum atomic E-state index is 12.9. The summed E-state index contributed by atoms with van der Waals surface area (Å²) in [5, 5.41) is 0. The molecular formula is C65H108O6. The Bertz CT molecular complexity index is 1460. The number of carbonyl (C=O) groups excluding carboxylic acids is 3. The Kier molecular flexibility index (Phi) is 55.4. The van der Waals surface area contributed by atoms with Crippen LogP contribution < -0.4 is 0 Å². The number of hydrogen-bond donors (Lipinski definition) is 0. The van der Waals surface area contributed by atoms with Gasteiger partial charge in [0.1, 0.15) is 13.2 Å². The standard InChI is InChI=1S/C65H108O6/c1-4-7-10-13-16-19-22-25-28-30-32-34-37-40-43-46-49-52-55-58-64(67)70-61-62(60-69-63(66)57-54-51-48-45-42-39-36-27-24-21-18-15-12-9-6-3)71-65(68)59-56-53-50-47-44-41-38-35-33-31-29-26-23-20-17-14-11-8-5-2/h16-17,19-20,25-29,32-36,40-41,43-44,62H,4-15,18,21-24,30-31,37-39,42,45-61H2,1-3H3/b19-16-,20-17-,28-25-,29-26-,34-32-,35-33-,36-27-,43-40-,44-41-/t62-/m0/s1. The van der Waals surface area contributed by atoms with Crippen LogP contribution in [0.2, 0.25) is 0 Å². The highest BCUT2D eigenvalue weighted by Gasteiger charge is 2.19. The summed E-state index contributed by atoms with van der Waals surface area (Å²) >= 11 is 0. The Morgan fingerprint density at radius 1 is 0.282 bits per heavy atom. The zero-order chi connectivity index (χ0) is 51.4. The fraction of sp³-hybridized carbons (Fsp3) is 0.677. The lowest BCUT2D eigenvalue weighted by molar-refractivity contribution is -0.167. The average molecular weight is 986 g/mol. The zero-order valence-corrected chi connectivity index (χ0v) is 46.2. The predicted octanol–water partition coefficient (Wildman–Crippen LogP) is 19.9. The van der Waals surface area contributed by atoms with Crippen molar-refractivity contribution >= 4 is 17.9 Å². The summed E-state index contributed by atoms with van der Waals surface area (Å²) in [7, 11) is 0. The fourth-order valence-electron chi connectivity index (χ4n) is 7.76. The first-order valence-electron chi connectivity index (χ1n) is 29.4. The predicted molar refractivity (Wildman–Crippen MR) is 307 cm³/mol. The lowest BCUT2D eigenvalue weighted by Crippen LogP contribution is -2.30. The molecule has 0 spiro atoms.